The first-order chi connectivity index (χ1) is 8.74. The van der Waals surface area contributed by atoms with Crippen LogP contribution in [0, 0.1) is 0 Å². The SMILES string of the molecule is COCCNCCNC(=O)Cc1ccccc1Cl.Cl. The van der Waals surface area contributed by atoms with Crippen LogP contribution >= 0.6 is 24.0 Å². The molecule has 4 nitrogen and oxygen atoms in total. The van der Waals surface area contributed by atoms with Gasteiger partial charge in [-0.05, 0) is 11.6 Å². The van der Waals surface area contributed by atoms with Gasteiger partial charge in [-0.3, -0.25) is 4.79 Å². The number of hydrogen-bond acceptors (Lipinski definition) is 3. The van der Waals surface area contributed by atoms with Crippen LogP contribution in [0.3, 0.4) is 0 Å². The van der Waals surface area contributed by atoms with Crippen molar-refractivity contribution in [3.05, 3.63) is 34.9 Å². The molecule has 2 N–H and O–H groups in total. The third-order valence-electron chi connectivity index (χ3n) is 2.42. The van der Waals surface area contributed by atoms with Gasteiger partial charge in [-0.25, -0.2) is 0 Å². The molecule has 0 bridgehead atoms. The zero-order valence-electron chi connectivity index (χ0n) is 10.9. The van der Waals surface area contributed by atoms with Crippen molar-refractivity contribution in [3.8, 4) is 0 Å². The second kappa shape index (κ2) is 11.1. The van der Waals surface area contributed by atoms with Crippen molar-refractivity contribution in [3.63, 3.8) is 0 Å². The summed E-state index contributed by atoms with van der Waals surface area (Å²) in [5.74, 6) is -0.0170. The van der Waals surface area contributed by atoms with E-state index in [1.54, 1.807) is 13.2 Å². The molecule has 108 valence electrons. The highest BCUT2D eigenvalue weighted by Crippen LogP contribution is 2.14. The number of halogens is 2. The van der Waals surface area contributed by atoms with E-state index in [2.05, 4.69) is 10.6 Å². The highest BCUT2D eigenvalue weighted by atomic mass is 35.5. The van der Waals surface area contributed by atoms with Crippen molar-refractivity contribution in [2.24, 2.45) is 0 Å². The fraction of sp³-hybridized carbons (Fsp3) is 0.462. The van der Waals surface area contributed by atoms with E-state index in [0.29, 0.717) is 24.6 Å². The highest BCUT2D eigenvalue weighted by Gasteiger charge is 2.05. The molecule has 0 unspecified atom stereocenters. The van der Waals surface area contributed by atoms with Crippen LogP contribution in [0.5, 0.6) is 0 Å². The molecule has 0 heterocycles. The van der Waals surface area contributed by atoms with Gasteiger partial charge >= 0.3 is 0 Å². The lowest BCUT2D eigenvalue weighted by Gasteiger charge is -2.07. The van der Waals surface area contributed by atoms with Crippen molar-refractivity contribution >= 4 is 29.9 Å². The van der Waals surface area contributed by atoms with Gasteiger partial charge in [-0.2, -0.15) is 0 Å². The monoisotopic (exact) mass is 306 g/mol. The summed E-state index contributed by atoms with van der Waals surface area (Å²) < 4.78 is 4.90. The van der Waals surface area contributed by atoms with E-state index in [0.717, 1.165) is 18.7 Å². The second-order valence-corrected chi connectivity index (χ2v) is 4.27. The van der Waals surface area contributed by atoms with E-state index in [1.807, 2.05) is 18.2 Å². The summed E-state index contributed by atoms with van der Waals surface area (Å²) in [4.78, 5) is 11.6. The molecule has 0 aliphatic rings. The number of nitrogens with one attached hydrogen (secondary N) is 2. The maximum absolute atomic E-state index is 11.6. The Kier molecular flexibility index (Phi) is 10.6. The van der Waals surface area contributed by atoms with E-state index in [9.17, 15) is 4.79 Å². The summed E-state index contributed by atoms with van der Waals surface area (Å²) in [5.41, 5.74) is 0.851. The summed E-state index contributed by atoms with van der Waals surface area (Å²) in [6, 6.07) is 7.37. The molecule has 6 heteroatoms. The van der Waals surface area contributed by atoms with Crippen LogP contribution in [0.25, 0.3) is 0 Å². The van der Waals surface area contributed by atoms with Crippen LogP contribution in [0.2, 0.25) is 5.02 Å². The molecule has 1 aromatic rings. The highest BCUT2D eigenvalue weighted by molar-refractivity contribution is 6.31. The molecule has 0 saturated heterocycles. The van der Waals surface area contributed by atoms with Gasteiger partial charge in [-0.1, -0.05) is 29.8 Å². The van der Waals surface area contributed by atoms with E-state index >= 15 is 0 Å². The molecule has 0 fully saturated rings. The Labute approximate surface area is 125 Å². The van der Waals surface area contributed by atoms with Gasteiger partial charge < -0.3 is 15.4 Å². The third-order valence-corrected chi connectivity index (χ3v) is 2.78. The topological polar surface area (TPSA) is 50.4 Å². The Morgan fingerprint density at radius 2 is 2.00 bits per heavy atom. The third kappa shape index (κ3) is 8.06. The standard InChI is InChI=1S/C13H19ClN2O2.ClH/c1-18-9-8-15-6-7-16-13(17)10-11-4-2-3-5-12(11)14;/h2-5,15H,6-10H2,1H3,(H,16,17);1H. The molecule has 19 heavy (non-hydrogen) atoms. The summed E-state index contributed by atoms with van der Waals surface area (Å²) >= 11 is 5.98. The molecule has 1 amide bonds. The minimum absolute atomic E-state index is 0. The van der Waals surface area contributed by atoms with Crippen LogP contribution < -0.4 is 10.6 Å². The number of carbonyl (C=O) groups is 1. The number of hydrogen-bond donors (Lipinski definition) is 2. The Balaban J connectivity index is 0.00000324. The number of ether oxygens (including phenoxy) is 1. The summed E-state index contributed by atoms with van der Waals surface area (Å²) in [6.45, 7) is 2.80. The maximum Gasteiger partial charge on any atom is 0.224 e. The molecular weight excluding hydrogens is 287 g/mol. The van der Waals surface area contributed by atoms with Gasteiger partial charge in [0, 0.05) is 31.8 Å². The number of amides is 1. The Morgan fingerprint density at radius 1 is 1.26 bits per heavy atom. The molecule has 0 radical (unpaired) electrons. The molecule has 0 atom stereocenters. The van der Waals surface area contributed by atoms with E-state index in [4.69, 9.17) is 16.3 Å². The predicted molar refractivity (Wildman–Crippen MR) is 80.2 cm³/mol. The lowest BCUT2D eigenvalue weighted by atomic mass is 10.1. The fourth-order valence-corrected chi connectivity index (χ4v) is 1.67. The first kappa shape index (κ1) is 18.2. The molecule has 0 aromatic heterocycles. The summed E-state index contributed by atoms with van der Waals surface area (Å²) in [5, 5.41) is 6.62. The maximum atomic E-state index is 11.6. The first-order valence-corrected chi connectivity index (χ1v) is 6.31. The Bertz CT molecular complexity index is 375. The minimum Gasteiger partial charge on any atom is -0.383 e. The van der Waals surface area contributed by atoms with Gasteiger partial charge in [0.1, 0.15) is 0 Å². The van der Waals surface area contributed by atoms with Crippen LogP contribution in [-0.2, 0) is 16.0 Å². The van der Waals surface area contributed by atoms with E-state index in [1.165, 1.54) is 0 Å². The lowest BCUT2D eigenvalue weighted by molar-refractivity contribution is -0.120. The minimum atomic E-state index is -0.0170. The van der Waals surface area contributed by atoms with Crippen LogP contribution in [0.15, 0.2) is 24.3 Å². The van der Waals surface area contributed by atoms with Crippen LogP contribution in [0.1, 0.15) is 5.56 Å². The zero-order valence-corrected chi connectivity index (χ0v) is 12.5. The number of rotatable bonds is 8. The quantitative estimate of drug-likeness (QED) is 0.718. The summed E-state index contributed by atoms with van der Waals surface area (Å²) in [7, 11) is 1.66. The normalized spacial score (nSPS) is 9.79. The van der Waals surface area contributed by atoms with Crippen molar-refractivity contribution in [1.29, 1.82) is 0 Å². The fourth-order valence-electron chi connectivity index (χ4n) is 1.47. The molecule has 1 aromatic carbocycles. The van der Waals surface area contributed by atoms with Gasteiger partial charge in [0.05, 0.1) is 13.0 Å². The van der Waals surface area contributed by atoms with E-state index in [-0.39, 0.29) is 18.3 Å². The molecule has 0 aliphatic heterocycles. The average Bonchev–Trinajstić information content (AvgIpc) is 2.36. The molecule has 0 saturated carbocycles. The van der Waals surface area contributed by atoms with Crippen molar-refractivity contribution < 1.29 is 9.53 Å². The first-order valence-electron chi connectivity index (χ1n) is 5.94. The lowest BCUT2D eigenvalue weighted by Crippen LogP contribution is -2.33. The van der Waals surface area contributed by atoms with Crippen molar-refractivity contribution in [1.82, 2.24) is 10.6 Å². The number of carbonyl (C=O) groups excluding carboxylic acids is 1. The Hall–Kier alpha value is -0.810. The number of methoxy groups -OCH3 is 1. The average molecular weight is 307 g/mol. The zero-order chi connectivity index (χ0) is 13.2. The largest absolute Gasteiger partial charge is 0.383 e. The summed E-state index contributed by atoms with van der Waals surface area (Å²) in [6.07, 6.45) is 0.317. The van der Waals surface area contributed by atoms with E-state index < -0.39 is 0 Å². The van der Waals surface area contributed by atoms with Crippen molar-refractivity contribution in [2.45, 2.75) is 6.42 Å². The van der Waals surface area contributed by atoms with Gasteiger partial charge in [0.15, 0.2) is 0 Å². The molecular formula is C13H20Cl2N2O2. The molecule has 0 aliphatic carbocycles. The number of benzene rings is 1. The van der Waals surface area contributed by atoms with Crippen LogP contribution in [-0.4, -0.2) is 39.3 Å². The van der Waals surface area contributed by atoms with Gasteiger partial charge in [-0.15, -0.1) is 12.4 Å². The molecule has 0 spiro atoms. The Morgan fingerprint density at radius 3 is 2.68 bits per heavy atom. The second-order valence-electron chi connectivity index (χ2n) is 3.86. The smallest absolute Gasteiger partial charge is 0.224 e. The predicted octanol–water partition coefficient (Wildman–Crippen LogP) is 1.66. The van der Waals surface area contributed by atoms with Crippen molar-refractivity contribution in [2.75, 3.05) is 33.4 Å². The van der Waals surface area contributed by atoms with Gasteiger partial charge in [0.25, 0.3) is 0 Å². The van der Waals surface area contributed by atoms with Gasteiger partial charge in [0.2, 0.25) is 5.91 Å². The molecule has 1 rings (SSSR count). The van der Waals surface area contributed by atoms with Crippen LogP contribution in [0.4, 0.5) is 0 Å².